The van der Waals surface area contributed by atoms with Crippen molar-refractivity contribution in [3.05, 3.63) is 118 Å². The number of carbonyl (C=O) groups is 1. The van der Waals surface area contributed by atoms with Gasteiger partial charge >= 0.3 is 0 Å². The van der Waals surface area contributed by atoms with Gasteiger partial charge in [0, 0.05) is 21.3 Å². The molecule has 6 nitrogen and oxygen atoms in total. The van der Waals surface area contributed by atoms with Crippen molar-refractivity contribution in [1.82, 2.24) is 4.98 Å². The molecule has 192 valence electrons. The lowest BCUT2D eigenvalue weighted by molar-refractivity contribution is 0.0985. The highest BCUT2D eigenvalue weighted by Gasteiger charge is 2.23. The van der Waals surface area contributed by atoms with Gasteiger partial charge < -0.3 is 0 Å². The molecular weight excluding hydrogens is 561 g/mol. The normalized spacial score (nSPS) is 11.4. The number of nitrogens with zero attached hydrogens (tertiary/aromatic N) is 2. The third-order valence-corrected chi connectivity index (χ3v) is 8.70. The summed E-state index contributed by atoms with van der Waals surface area (Å²) in [7, 11) is -3.81. The van der Waals surface area contributed by atoms with Gasteiger partial charge in [-0.15, -0.1) is 0 Å². The summed E-state index contributed by atoms with van der Waals surface area (Å²) in [6.07, 6.45) is 0. The number of rotatable bonds is 7. The summed E-state index contributed by atoms with van der Waals surface area (Å²) in [5.41, 5.74) is 3.40. The van der Waals surface area contributed by atoms with Crippen LogP contribution in [-0.4, -0.2) is 19.3 Å². The van der Waals surface area contributed by atoms with Crippen LogP contribution in [0.15, 0.2) is 95.9 Å². The summed E-state index contributed by atoms with van der Waals surface area (Å²) in [5, 5.41) is 1.60. The molecule has 0 saturated carbocycles. The minimum absolute atomic E-state index is 0.0855. The number of aryl methyl sites for hydroxylation is 1. The van der Waals surface area contributed by atoms with Gasteiger partial charge in [0.25, 0.3) is 15.9 Å². The fourth-order valence-corrected chi connectivity index (χ4v) is 6.52. The van der Waals surface area contributed by atoms with Crippen LogP contribution in [0, 0.1) is 6.92 Å². The van der Waals surface area contributed by atoms with Crippen LogP contribution in [0.4, 0.5) is 10.8 Å². The topological polar surface area (TPSA) is 79.4 Å². The molecule has 0 radical (unpaired) electrons. The van der Waals surface area contributed by atoms with Gasteiger partial charge in [0.05, 0.1) is 21.7 Å². The minimum Gasteiger partial charge on any atom is -0.280 e. The highest BCUT2D eigenvalue weighted by atomic mass is 35.5. The van der Waals surface area contributed by atoms with E-state index in [0.29, 0.717) is 33.0 Å². The maximum Gasteiger partial charge on any atom is 0.261 e. The lowest BCUT2D eigenvalue weighted by atomic mass is 10.1. The van der Waals surface area contributed by atoms with Crippen molar-refractivity contribution in [3.8, 4) is 0 Å². The van der Waals surface area contributed by atoms with E-state index in [0.717, 1.165) is 21.3 Å². The second-order valence-electron chi connectivity index (χ2n) is 8.58. The van der Waals surface area contributed by atoms with Gasteiger partial charge in [0.15, 0.2) is 5.13 Å². The van der Waals surface area contributed by atoms with E-state index >= 15 is 0 Å². The maximum absolute atomic E-state index is 13.7. The highest BCUT2D eigenvalue weighted by molar-refractivity contribution is 7.92. The van der Waals surface area contributed by atoms with Crippen LogP contribution in [0.2, 0.25) is 10.0 Å². The Kier molecular flexibility index (Phi) is 7.40. The second kappa shape index (κ2) is 10.7. The lowest BCUT2D eigenvalue weighted by Gasteiger charge is -2.20. The molecule has 0 aliphatic rings. The Balaban J connectivity index is 1.44. The van der Waals surface area contributed by atoms with Crippen molar-refractivity contribution in [2.45, 2.75) is 18.4 Å². The Morgan fingerprint density at radius 2 is 1.61 bits per heavy atom. The van der Waals surface area contributed by atoms with Crippen molar-refractivity contribution in [3.63, 3.8) is 0 Å². The average Bonchev–Trinajstić information content (AvgIpc) is 3.32. The number of halogens is 2. The van der Waals surface area contributed by atoms with Gasteiger partial charge in [-0.3, -0.25) is 14.4 Å². The molecule has 0 aliphatic carbocycles. The fraction of sp³-hybridized carbons (Fsp3) is 0.0714. The van der Waals surface area contributed by atoms with Gasteiger partial charge in [-0.05, 0) is 78.7 Å². The number of hydrogen-bond acceptors (Lipinski definition) is 5. The first-order chi connectivity index (χ1) is 18.2. The van der Waals surface area contributed by atoms with Crippen LogP contribution in [0.3, 0.4) is 0 Å². The van der Waals surface area contributed by atoms with Gasteiger partial charge in [0.2, 0.25) is 0 Å². The fourth-order valence-electron chi connectivity index (χ4n) is 3.91. The SMILES string of the molecule is Cc1cc(Cl)cc2sc(N(Cc3ccccc3)C(=O)c3ccc(NS(=O)(=O)c4ccc(Cl)cc4)cc3)nc12. The summed E-state index contributed by atoms with van der Waals surface area (Å²) in [6, 6.07) is 25.5. The molecule has 1 amide bonds. The number of thiazole rings is 1. The van der Waals surface area contributed by atoms with Crippen LogP contribution >= 0.6 is 34.5 Å². The van der Waals surface area contributed by atoms with Crippen LogP contribution in [0.1, 0.15) is 21.5 Å². The number of aromatic nitrogens is 1. The van der Waals surface area contributed by atoms with E-state index in [4.69, 9.17) is 28.2 Å². The Morgan fingerprint density at radius 1 is 0.921 bits per heavy atom. The molecule has 1 aromatic heterocycles. The van der Waals surface area contributed by atoms with E-state index in [1.165, 1.54) is 35.6 Å². The number of hydrogen-bond donors (Lipinski definition) is 1. The van der Waals surface area contributed by atoms with Gasteiger partial charge in [-0.2, -0.15) is 0 Å². The van der Waals surface area contributed by atoms with Crippen LogP contribution in [0.25, 0.3) is 10.2 Å². The smallest absolute Gasteiger partial charge is 0.261 e. The van der Waals surface area contributed by atoms with Crippen LogP contribution in [0.5, 0.6) is 0 Å². The molecule has 1 N–H and O–H groups in total. The molecule has 10 heteroatoms. The Morgan fingerprint density at radius 3 is 2.29 bits per heavy atom. The van der Waals surface area contributed by atoms with Crippen molar-refractivity contribution >= 4 is 71.5 Å². The summed E-state index contributed by atoms with van der Waals surface area (Å²) < 4.78 is 28.9. The molecule has 0 fully saturated rings. The number of nitrogens with one attached hydrogen (secondary N) is 1. The molecule has 0 aliphatic heterocycles. The largest absolute Gasteiger partial charge is 0.280 e. The maximum atomic E-state index is 13.7. The third kappa shape index (κ3) is 5.68. The second-order valence-corrected chi connectivity index (χ2v) is 12.1. The molecule has 0 saturated heterocycles. The van der Waals surface area contributed by atoms with Crippen LogP contribution < -0.4 is 9.62 Å². The predicted molar refractivity (Wildman–Crippen MR) is 155 cm³/mol. The van der Waals surface area contributed by atoms with E-state index in [1.54, 1.807) is 29.2 Å². The standard InChI is InChI=1S/C28H21Cl2N3O3S2/c1-18-15-22(30)16-25-26(18)31-28(37-25)33(17-19-5-3-2-4-6-19)27(34)20-7-11-23(12-8-20)32-38(35,36)24-13-9-21(29)10-14-24/h2-16,32H,17H2,1H3. The first kappa shape index (κ1) is 26.2. The molecule has 0 atom stereocenters. The number of fused-ring (bicyclic) bond motifs is 1. The molecular formula is C28H21Cl2N3O3S2. The Bertz CT molecular complexity index is 1720. The van der Waals surface area contributed by atoms with Crippen molar-refractivity contribution < 1.29 is 13.2 Å². The Labute approximate surface area is 234 Å². The number of amides is 1. The predicted octanol–water partition coefficient (Wildman–Crippen LogP) is 7.56. The Hall–Kier alpha value is -3.43. The highest BCUT2D eigenvalue weighted by Crippen LogP contribution is 2.34. The number of carbonyl (C=O) groups excluding carboxylic acids is 1. The molecule has 0 unspecified atom stereocenters. The summed E-state index contributed by atoms with van der Waals surface area (Å²) in [4.78, 5) is 20.2. The van der Waals surface area contributed by atoms with Gasteiger partial charge in [0.1, 0.15) is 0 Å². The molecule has 5 aromatic rings. The van der Waals surface area contributed by atoms with Gasteiger partial charge in [-0.25, -0.2) is 13.4 Å². The zero-order valence-electron chi connectivity index (χ0n) is 20.1. The molecule has 1 heterocycles. The van der Waals surface area contributed by atoms with Gasteiger partial charge in [-0.1, -0.05) is 64.9 Å². The van der Waals surface area contributed by atoms with E-state index in [2.05, 4.69) is 4.72 Å². The van der Waals surface area contributed by atoms with Crippen molar-refractivity contribution in [2.24, 2.45) is 0 Å². The molecule has 38 heavy (non-hydrogen) atoms. The lowest BCUT2D eigenvalue weighted by Crippen LogP contribution is -2.30. The zero-order valence-corrected chi connectivity index (χ0v) is 23.2. The molecule has 0 bridgehead atoms. The van der Waals surface area contributed by atoms with E-state index in [-0.39, 0.29) is 10.8 Å². The van der Waals surface area contributed by atoms with E-state index in [1.807, 2.05) is 49.4 Å². The van der Waals surface area contributed by atoms with Crippen molar-refractivity contribution in [2.75, 3.05) is 9.62 Å². The minimum atomic E-state index is -3.81. The number of anilines is 2. The van der Waals surface area contributed by atoms with E-state index < -0.39 is 10.0 Å². The number of sulfonamides is 1. The molecule has 4 aromatic carbocycles. The summed E-state index contributed by atoms with van der Waals surface area (Å²) in [6.45, 7) is 2.25. The quantitative estimate of drug-likeness (QED) is 0.215. The summed E-state index contributed by atoms with van der Waals surface area (Å²) >= 11 is 13.5. The summed E-state index contributed by atoms with van der Waals surface area (Å²) in [5.74, 6) is -0.260. The van der Waals surface area contributed by atoms with Crippen LogP contribution in [-0.2, 0) is 16.6 Å². The first-order valence-electron chi connectivity index (χ1n) is 11.5. The monoisotopic (exact) mass is 581 g/mol. The van der Waals surface area contributed by atoms with E-state index in [9.17, 15) is 13.2 Å². The first-order valence-corrected chi connectivity index (χ1v) is 14.6. The average molecular weight is 583 g/mol. The molecule has 5 rings (SSSR count). The molecule has 0 spiro atoms. The number of benzene rings is 4. The zero-order chi connectivity index (χ0) is 26.9. The third-order valence-electron chi connectivity index (χ3n) is 5.81. The van der Waals surface area contributed by atoms with Crippen molar-refractivity contribution in [1.29, 1.82) is 0 Å².